The monoisotopic (exact) mass is 251 g/mol. The van der Waals surface area contributed by atoms with Crippen LogP contribution in [0.5, 0.6) is 5.75 Å². The maximum absolute atomic E-state index is 13.6. The molecule has 100 valence electrons. The maximum Gasteiger partial charge on any atom is 0.128 e. The van der Waals surface area contributed by atoms with E-state index in [1.165, 1.54) is 6.07 Å². The van der Waals surface area contributed by atoms with Crippen LogP contribution in [0, 0.1) is 12.7 Å². The van der Waals surface area contributed by atoms with Crippen molar-refractivity contribution in [2.24, 2.45) is 0 Å². The lowest BCUT2D eigenvalue weighted by Crippen LogP contribution is -2.40. The van der Waals surface area contributed by atoms with Gasteiger partial charge in [-0.2, -0.15) is 0 Å². The van der Waals surface area contributed by atoms with Gasteiger partial charge >= 0.3 is 0 Å². The van der Waals surface area contributed by atoms with Crippen LogP contribution in [0.2, 0.25) is 0 Å². The number of fused-ring (bicyclic) bond motifs is 1. The first-order chi connectivity index (χ1) is 8.43. The summed E-state index contributed by atoms with van der Waals surface area (Å²) in [5.41, 5.74) is 1.63. The van der Waals surface area contributed by atoms with Crippen LogP contribution in [0.3, 0.4) is 0 Å². The minimum Gasteiger partial charge on any atom is -0.487 e. The quantitative estimate of drug-likeness (QED) is 0.883. The predicted octanol–water partition coefficient (Wildman–Crippen LogP) is 3.74. The standard InChI is InChI=1S/C15H22FNO/c1-5-6-17-13-9-15(3,4)18-14-10(2)7-11(16)8-12(13)14/h7-8,13,17H,5-6,9H2,1-4H3. The molecule has 1 aliphatic heterocycles. The van der Waals surface area contributed by atoms with E-state index in [1.54, 1.807) is 6.07 Å². The van der Waals surface area contributed by atoms with Crippen molar-refractivity contribution in [2.45, 2.75) is 52.2 Å². The molecule has 0 amide bonds. The molecule has 0 saturated heterocycles. The topological polar surface area (TPSA) is 21.3 Å². The summed E-state index contributed by atoms with van der Waals surface area (Å²) >= 11 is 0. The average molecular weight is 251 g/mol. The van der Waals surface area contributed by atoms with Gasteiger partial charge in [-0.25, -0.2) is 4.39 Å². The maximum atomic E-state index is 13.6. The molecule has 1 atom stereocenters. The van der Waals surface area contributed by atoms with Gasteiger partial charge in [0, 0.05) is 18.0 Å². The molecular weight excluding hydrogens is 229 g/mol. The summed E-state index contributed by atoms with van der Waals surface area (Å²) in [6.45, 7) is 9.14. The molecule has 2 rings (SSSR count). The Kier molecular flexibility index (Phi) is 3.62. The van der Waals surface area contributed by atoms with Crippen LogP contribution in [0.15, 0.2) is 12.1 Å². The van der Waals surface area contributed by atoms with Crippen molar-refractivity contribution < 1.29 is 9.13 Å². The van der Waals surface area contributed by atoms with Crippen molar-refractivity contribution in [3.63, 3.8) is 0 Å². The Bertz CT molecular complexity index is 442. The smallest absolute Gasteiger partial charge is 0.128 e. The van der Waals surface area contributed by atoms with Crippen LogP contribution >= 0.6 is 0 Å². The average Bonchev–Trinajstić information content (AvgIpc) is 2.27. The van der Waals surface area contributed by atoms with Gasteiger partial charge in [-0.05, 0) is 51.4 Å². The molecule has 0 spiro atoms. The number of halogens is 1. The van der Waals surface area contributed by atoms with Crippen molar-refractivity contribution in [1.29, 1.82) is 0 Å². The first kappa shape index (κ1) is 13.3. The Morgan fingerprint density at radius 1 is 1.44 bits per heavy atom. The van der Waals surface area contributed by atoms with Crippen molar-refractivity contribution in [2.75, 3.05) is 6.54 Å². The fourth-order valence-electron chi connectivity index (χ4n) is 2.57. The molecule has 1 unspecified atom stereocenters. The lowest BCUT2D eigenvalue weighted by Gasteiger charge is -2.38. The second-order valence-corrected chi connectivity index (χ2v) is 5.71. The lowest BCUT2D eigenvalue weighted by atomic mass is 9.88. The first-order valence-corrected chi connectivity index (χ1v) is 6.65. The minimum absolute atomic E-state index is 0.179. The van der Waals surface area contributed by atoms with Gasteiger partial charge in [0.05, 0.1) is 0 Å². The van der Waals surface area contributed by atoms with Gasteiger partial charge in [-0.3, -0.25) is 0 Å². The molecule has 18 heavy (non-hydrogen) atoms. The molecule has 1 aromatic carbocycles. The number of rotatable bonds is 3. The molecule has 2 nitrogen and oxygen atoms in total. The highest BCUT2D eigenvalue weighted by atomic mass is 19.1. The molecule has 0 bridgehead atoms. The van der Waals surface area contributed by atoms with E-state index in [4.69, 9.17) is 4.74 Å². The third-order valence-corrected chi connectivity index (χ3v) is 3.36. The van der Waals surface area contributed by atoms with E-state index in [9.17, 15) is 4.39 Å². The van der Waals surface area contributed by atoms with Crippen LogP contribution in [0.1, 0.15) is 50.8 Å². The normalized spacial score (nSPS) is 21.3. The van der Waals surface area contributed by atoms with Gasteiger partial charge in [0.15, 0.2) is 0 Å². The molecule has 0 radical (unpaired) electrons. The number of nitrogens with one attached hydrogen (secondary N) is 1. The predicted molar refractivity (Wildman–Crippen MR) is 71.5 cm³/mol. The zero-order valence-electron chi connectivity index (χ0n) is 11.6. The van der Waals surface area contributed by atoms with Gasteiger partial charge in [-0.15, -0.1) is 0 Å². The fourth-order valence-corrected chi connectivity index (χ4v) is 2.57. The Morgan fingerprint density at radius 3 is 2.83 bits per heavy atom. The lowest BCUT2D eigenvalue weighted by molar-refractivity contribution is 0.0649. The Hall–Kier alpha value is -1.09. The van der Waals surface area contributed by atoms with Crippen LogP contribution in [-0.4, -0.2) is 12.1 Å². The summed E-state index contributed by atoms with van der Waals surface area (Å²) in [4.78, 5) is 0. The second-order valence-electron chi connectivity index (χ2n) is 5.71. The van der Waals surface area contributed by atoms with E-state index in [0.29, 0.717) is 0 Å². The Labute approximate surface area is 109 Å². The van der Waals surface area contributed by atoms with Crippen LogP contribution < -0.4 is 10.1 Å². The van der Waals surface area contributed by atoms with E-state index >= 15 is 0 Å². The van der Waals surface area contributed by atoms with E-state index in [2.05, 4.69) is 26.1 Å². The summed E-state index contributed by atoms with van der Waals surface area (Å²) in [6, 6.07) is 3.32. The SMILES string of the molecule is CCCNC1CC(C)(C)Oc2c(C)cc(F)cc21. The number of ether oxygens (including phenoxy) is 1. The highest BCUT2D eigenvalue weighted by molar-refractivity contribution is 5.45. The molecule has 1 aromatic rings. The molecule has 0 aromatic heterocycles. The molecule has 0 fully saturated rings. The zero-order valence-corrected chi connectivity index (χ0v) is 11.6. The first-order valence-electron chi connectivity index (χ1n) is 6.65. The molecule has 1 N–H and O–H groups in total. The van der Waals surface area contributed by atoms with Gasteiger partial charge < -0.3 is 10.1 Å². The van der Waals surface area contributed by atoms with E-state index < -0.39 is 0 Å². The Morgan fingerprint density at radius 2 is 2.17 bits per heavy atom. The zero-order chi connectivity index (χ0) is 13.3. The molecule has 0 saturated carbocycles. The molecule has 3 heteroatoms. The summed E-state index contributed by atoms with van der Waals surface area (Å²) in [7, 11) is 0. The van der Waals surface area contributed by atoms with Crippen molar-refractivity contribution in [3.05, 3.63) is 29.1 Å². The third kappa shape index (κ3) is 2.66. The molecule has 1 heterocycles. The summed E-state index contributed by atoms with van der Waals surface area (Å²) < 4.78 is 19.6. The summed E-state index contributed by atoms with van der Waals surface area (Å²) in [5, 5.41) is 3.49. The number of benzene rings is 1. The highest BCUT2D eigenvalue weighted by Gasteiger charge is 2.34. The van der Waals surface area contributed by atoms with E-state index in [-0.39, 0.29) is 17.5 Å². The molecular formula is C15H22FNO. The van der Waals surface area contributed by atoms with E-state index in [1.807, 2.05) is 6.92 Å². The summed E-state index contributed by atoms with van der Waals surface area (Å²) in [6.07, 6.45) is 1.93. The van der Waals surface area contributed by atoms with Gasteiger partial charge in [0.1, 0.15) is 17.2 Å². The van der Waals surface area contributed by atoms with Gasteiger partial charge in [-0.1, -0.05) is 6.92 Å². The largest absolute Gasteiger partial charge is 0.487 e. The number of hydrogen-bond donors (Lipinski definition) is 1. The van der Waals surface area contributed by atoms with Crippen molar-refractivity contribution in [3.8, 4) is 5.75 Å². The number of aryl methyl sites for hydroxylation is 1. The molecule has 0 aliphatic carbocycles. The van der Waals surface area contributed by atoms with Crippen LogP contribution in [0.25, 0.3) is 0 Å². The fraction of sp³-hybridized carbons (Fsp3) is 0.600. The third-order valence-electron chi connectivity index (χ3n) is 3.36. The van der Waals surface area contributed by atoms with Crippen molar-refractivity contribution in [1.82, 2.24) is 5.32 Å². The number of hydrogen-bond acceptors (Lipinski definition) is 2. The van der Waals surface area contributed by atoms with Crippen LogP contribution in [0.4, 0.5) is 4.39 Å². The summed E-state index contributed by atoms with van der Waals surface area (Å²) in [5.74, 6) is 0.666. The Balaban J connectivity index is 2.40. The second kappa shape index (κ2) is 4.88. The van der Waals surface area contributed by atoms with Gasteiger partial charge in [0.25, 0.3) is 0 Å². The minimum atomic E-state index is -0.207. The van der Waals surface area contributed by atoms with E-state index in [0.717, 1.165) is 36.3 Å². The highest BCUT2D eigenvalue weighted by Crippen LogP contribution is 2.41. The van der Waals surface area contributed by atoms with Crippen molar-refractivity contribution >= 4 is 0 Å². The van der Waals surface area contributed by atoms with Crippen LogP contribution in [-0.2, 0) is 0 Å². The molecule has 1 aliphatic rings. The van der Waals surface area contributed by atoms with Gasteiger partial charge in [0.2, 0.25) is 0 Å².